The van der Waals surface area contributed by atoms with E-state index in [0.717, 1.165) is 6.07 Å². The molecule has 0 amide bonds. The van der Waals surface area contributed by atoms with Crippen molar-refractivity contribution in [3.05, 3.63) is 29.3 Å². The Balaban J connectivity index is 3.37. The van der Waals surface area contributed by atoms with Crippen molar-refractivity contribution >= 4 is 11.8 Å². The fourth-order valence-electron chi connectivity index (χ4n) is 0.882. The predicted molar refractivity (Wildman–Crippen MR) is 38.9 cm³/mol. The van der Waals surface area contributed by atoms with E-state index >= 15 is 0 Å². The smallest absolute Gasteiger partial charge is 0.211 e. The minimum atomic E-state index is -0.851. The summed E-state index contributed by atoms with van der Waals surface area (Å²) in [7, 11) is 0. The third-order valence-electron chi connectivity index (χ3n) is 1.38. The van der Waals surface area contributed by atoms with Gasteiger partial charge in [0.1, 0.15) is 11.5 Å². The van der Waals surface area contributed by atoms with E-state index in [-0.39, 0.29) is 11.3 Å². The van der Waals surface area contributed by atoms with Crippen LogP contribution in [0.1, 0.15) is 5.56 Å². The number of hydrogen-bond donors (Lipinski definition) is 0. The SMILES string of the molecule is Cc1cc(F)cc(F)c1N=C=O. The summed E-state index contributed by atoms with van der Waals surface area (Å²) >= 11 is 0. The third-order valence-corrected chi connectivity index (χ3v) is 1.38. The molecule has 0 atom stereocenters. The Labute approximate surface area is 67.5 Å². The summed E-state index contributed by atoms with van der Waals surface area (Å²) in [6.07, 6.45) is 1.20. The van der Waals surface area contributed by atoms with Crippen molar-refractivity contribution in [1.82, 2.24) is 0 Å². The van der Waals surface area contributed by atoms with Crippen LogP contribution in [0, 0.1) is 18.6 Å². The van der Waals surface area contributed by atoms with Gasteiger partial charge in [0.2, 0.25) is 6.08 Å². The summed E-state index contributed by atoms with van der Waals surface area (Å²) in [6, 6.07) is 1.77. The van der Waals surface area contributed by atoms with Gasteiger partial charge in [-0.15, -0.1) is 0 Å². The standard InChI is InChI=1S/C8H5F2NO/c1-5-2-6(9)3-7(10)8(5)11-4-12/h2-3H,1H3. The molecule has 0 heterocycles. The zero-order valence-electron chi connectivity index (χ0n) is 6.27. The molecular formula is C8H5F2NO. The number of aliphatic imine (C=N–C) groups is 1. The van der Waals surface area contributed by atoms with E-state index < -0.39 is 11.6 Å². The molecule has 4 heteroatoms. The molecule has 12 heavy (non-hydrogen) atoms. The number of carbonyl (C=O) groups excluding carboxylic acids is 1. The van der Waals surface area contributed by atoms with Crippen LogP contribution < -0.4 is 0 Å². The Hall–Kier alpha value is -1.54. The lowest BCUT2D eigenvalue weighted by atomic mass is 10.2. The number of halogens is 2. The van der Waals surface area contributed by atoms with Gasteiger partial charge in [0.05, 0.1) is 0 Å². The van der Waals surface area contributed by atoms with Crippen molar-refractivity contribution < 1.29 is 13.6 Å². The van der Waals surface area contributed by atoms with Gasteiger partial charge in [0.25, 0.3) is 0 Å². The van der Waals surface area contributed by atoms with Crippen molar-refractivity contribution in [1.29, 1.82) is 0 Å². The Morgan fingerprint density at radius 3 is 2.58 bits per heavy atom. The molecule has 0 spiro atoms. The van der Waals surface area contributed by atoms with Crippen LogP contribution in [0.4, 0.5) is 14.5 Å². The summed E-state index contributed by atoms with van der Waals surface area (Å²) in [5, 5.41) is 0. The summed E-state index contributed by atoms with van der Waals surface area (Å²) in [5.41, 5.74) is 0.113. The Morgan fingerprint density at radius 1 is 1.42 bits per heavy atom. The van der Waals surface area contributed by atoms with Gasteiger partial charge in [0, 0.05) is 6.07 Å². The molecule has 0 radical (unpaired) electrons. The molecule has 0 N–H and O–H groups in total. The number of aryl methyl sites for hydroxylation is 1. The van der Waals surface area contributed by atoms with E-state index in [1.54, 1.807) is 0 Å². The maximum absolute atomic E-state index is 12.8. The topological polar surface area (TPSA) is 29.4 Å². The van der Waals surface area contributed by atoms with Gasteiger partial charge in [-0.1, -0.05) is 0 Å². The van der Waals surface area contributed by atoms with E-state index in [0.29, 0.717) is 6.07 Å². The molecular weight excluding hydrogens is 164 g/mol. The largest absolute Gasteiger partial charge is 0.240 e. The minimum Gasteiger partial charge on any atom is -0.211 e. The zero-order chi connectivity index (χ0) is 9.14. The molecule has 0 bridgehead atoms. The van der Waals surface area contributed by atoms with Crippen LogP contribution in [0.15, 0.2) is 17.1 Å². The highest BCUT2D eigenvalue weighted by molar-refractivity contribution is 5.54. The lowest BCUT2D eigenvalue weighted by Crippen LogP contribution is -1.84. The van der Waals surface area contributed by atoms with Crippen LogP contribution >= 0.6 is 0 Å². The molecule has 0 fully saturated rings. The molecule has 1 rings (SSSR count). The van der Waals surface area contributed by atoms with E-state index in [9.17, 15) is 13.6 Å². The Bertz CT molecular complexity index is 333. The average molecular weight is 169 g/mol. The van der Waals surface area contributed by atoms with Gasteiger partial charge < -0.3 is 0 Å². The zero-order valence-corrected chi connectivity index (χ0v) is 6.27. The fraction of sp³-hybridized carbons (Fsp3) is 0.125. The molecule has 2 nitrogen and oxygen atoms in total. The third kappa shape index (κ3) is 1.54. The molecule has 0 saturated carbocycles. The first kappa shape index (κ1) is 8.56. The van der Waals surface area contributed by atoms with Crippen molar-refractivity contribution in [3.8, 4) is 0 Å². The second kappa shape index (κ2) is 3.24. The first-order valence-corrected chi connectivity index (χ1v) is 3.18. The monoisotopic (exact) mass is 169 g/mol. The quantitative estimate of drug-likeness (QED) is 0.468. The van der Waals surface area contributed by atoms with Crippen LogP contribution in [-0.4, -0.2) is 6.08 Å². The van der Waals surface area contributed by atoms with Crippen LogP contribution in [0.3, 0.4) is 0 Å². The lowest BCUT2D eigenvalue weighted by Gasteiger charge is -1.98. The Kier molecular flexibility index (Phi) is 2.31. The van der Waals surface area contributed by atoms with E-state index in [1.165, 1.54) is 13.0 Å². The van der Waals surface area contributed by atoms with Gasteiger partial charge in [-0.25, -0.2) is 13.6 Å². The first-order chi connectivity index (χ1) is 5.65. The molecule has 1 aromatic rings. The fourth-order valence-corrected chi connectivity index (χ4v) is 0.882. The molecule has 0 aliphatic rings. The highest BCUT2D eigenvalue weighted by atomic mass is 19.1. The van der Waals surface area contributed by atoms with Gasteiger partial charge in [-0.05, 0) is 18.6 Å². The summed E-state index contributed by atoms with van der Waals surface area (Å²) in [5.74, 6) is -1.54. The van der Waals surface area contributed by atoms with Crippen molar-refractivity contribution in [2.24, 2.45) is 4.99 Å². The summed E-state index contributed by atoms with van der Waals surface area (Å²) < 4.78 is 25.3. The predicted octanol–water partition coefficient (Wildman–Crippen LogP) is 2.24. The van der Waals surface area contributed by atoms with Crippen LogP contribution in [0.25, 0.3) is 0 Å². The first-order valence-electron chi connectivity index (χ1n) is 3.18. The van der Waals surface area contributed by atoms with Crippen LogP contribution in [0.5, 0.6) is 0 Å². The number of hydrogen-bond acceptors (Lipinski definition) is 2. The minimum absolute atomic E-state index is 0.161. The summed E-state index contributed by atoms with van der Waals surface area (Å²) in [6.45, 7) is 1.46. The van der Waals surface area contributed by atoms with Crippen molar-refractivity contribution in [2.75, 3.05) is 0 Å². The molecule has 0 aromatic heterocycles. The molecule has 1 aromatic carbocycles. The van der Waals surface area contributed by atoms with Gasteiger partial charge >= 0.3 is 0 Å². The van der Waals surface area contributed by atoms with E-state index in [4.69, 9.17) is 0 Å². The number of nitrogens with zero attached hydrogens (tertiary/aromatic N) is 1. The number of isocyanates is 1. The normalized spacial score (nSPS) is 9.25. The number of rotatable bonds is 1. The van der Waals surface area contributed by atoms with Crippen molar-refractivity contribution in [3.63, 3.8) is 0 Å². The van der Waals surface area contributed by atoms with E-state index in [2.05, 4.69) is 4.99 Å². The highest BCUT2D eigenvalue weighted by Crippen LogP contribution is 2.22. The molecule has 0 saturated heterocycles. The Morgan fingerprint density at radius 2 is 2.08 bits per heavy atom. The lowest BCUT2D eigenvalue weighted by molar-refractivity contribution is 0.562. The average Bonchev–Trinajstić information content (AvgIpc) is 1.96. The highest BCUT2D eigenvalue weighted by Gasteiger charge is 2.06. The maximum Gasteiger partial charge on any atom is 0.240 e. The number of benzene rings is 1. The maximum atomic E-state index is 12.8. The molecule has 0 unspecified atom stereocenters. The molecule has 62 valence electrons. The van der Waals surface area contributed by atoms with Gasteiger partial charge in [-0.2, -0.15) is 4.99 Å². The second-order valence-corrected chi connectivity index (χ2v) is 2.26. The second-order valence-electron chi connectivity index (χ2n) is 2.26. The van der Waals surface area contributed by atoms with Crippen LogP contribution in [-0.2, 0) is 4.79 Å². The molecule has 0 aliphatic heterocycles. The van der Waals surface area contributed by atoms with Gasteiger partial charge in [0.15, 0.2) is 5.82 Å². The van der Waals surface area contributed by atoms with E-state index in [1.807, 2.05) is 0 Å². The van der Waals surface area contributed by atoms with Crippen LogP contribution in [0.2, 0.25) is 0 Å². The molecule has 0 aliphatic carbocycles. The van der Waals surface area contributed by atoms with Crippen molar-refractivity contribution in [2.45, 2.75) is 6.92 Å². The summed E-state index contributed by atoms with van der Waals surface area (Å²) in [4.78, 5) is 12.9. The van der Waals surface area contributed by atoms with Gasteiger partial charge in [-0.3, -0.25) is 0 Å².